The molecule has 0 aliphatic heterocycles. The first-order valence-electron chi connectivity index (χ1n) is 7.58. The van der Waals surface area contributed by atoms with Crippen molar-refractivity contribution in [1.82, 2.24) is 9.55 Å². The van der Waals surface area contributed by atoms with Gasteiger partial charge in [-0.1, -0.05) is 20.8 Å². The Labute approximate surface area is 125 Å². The second kappa shape index (κ2) is 5.10. The Morgan fingerprint density at radius 1 is 1.24 bits per heavy atom. The fourth-order valence-corrected chi connectivity index (χ4v) is 3.54. The van der Waals surface area contributed by atoms with Crippen molar-refractivity contribution in [3.05, 3.63) is 47.1 Å². The highest BCUT2D eigenvalue weighted by molar-refractivity contribution is 5.49. The second-order valence-corrected chi connectivity index (χ2v) is 6.98. The maximum absolute atomic E-state index is 11.6. The number of rotatable bonds is 3. The van der Waals surface area contributed by atoms with Gasteiger partial charge in [-0.25, -0.2) is 4.79 Å². The summed E-state index contributed by atoms with van der Waals surface area (Å²) in [6.45, 7) is 7.00. The molecule has 0 amide bonds. The van der Waals surface area contributed by atoms with Crippen LogP contribution in [0.15, 0.2) is 41.5 Å². The van der Waals surface area contributed by atoms with Crippen LogP contribution in [0.1, 0.15) is 33.6 Å². The number of H-pyrrole nitrogens is 1. The number of aromatic nitrogens is 2. The lowest BCUT2D eigenvalue weighted by molar-refractivity contribution is 0.366. The van der Waals surface area contributed by atoms with Crippen molar-refractivity contribution in [2.75, 3.05) is 5.32 Å². The smallest absolute Gasteiger partial charge is 0.330 e. The molecule has 1 saturated carbocycles. The highest BCUT2D eigenvalue weighted by Crippen LogP contribution is 2.42. The number of aromatic amines is 1. The fourth-order valence-electron chi connectivity index (χ4n) is 3.54. The number of hydrogen-bond donors (Lipinski definition) is 2. The molecule has 21 heavy (non-hydrogen) atoms. The molecule has 0 radical (unpaired) electrons. The van der Waals surface area contributed by atoms with Crippen LogP contribution in [0.25, 0.3) is 5.69 Å². The predicted octanol–water partition coefficient (Wildman–Crippen LogP) is 3.40. The Bertz CT molecular complexity index is 666. The van der Waals surface area contributed by atoms with Crippen LogP contribution in [-0.4, -0.2) is 15.6 Å². The minimum absolute atomic E-state index is 0.109. The van der Waals surface area contributed by atoms with Crippen molar-refractivity contribution in [1.29, 1.82) is 0 Å². The Kier molecular flexibility index (Phi) is 3.40. The third-order valence-corrected chi connectivity index (χ3v) is 4.48. The maximum atomic E-state index is 11.6. The molecule has 2 N–H and O–H groups in total. The van der Waals surface area contributed by atoms with Gasteiger partial charge in [0.15, 0.2) is 0 Å². The van der Waals surface area contributed by atoms with Gasteiger partial charge in [0.1, 0.15) is 0 Å². The summed E-state index contributed by atoms with van der Waals surface area (Å²) in [4.78, 5) is 14.2. The van der Waals surface area contributed by atoms with Gasteiger partial charge in [0.05, 0.1) is 5.69 Å². The van der Waals surface area contributed by atoms with Gasteiger partial charge in [-0.2, -0.15) is 0 Å². The molecule has 4 nitrogen and oxygen atoms in total. The number of hydrogen-bond acceptors (Lipinski definition) is 2. The minimum atomic E-state index is -0.109. The summed E-state index contributed by atoms with van der Waals surface area (Å²) in [7, 11) is 0. The summed E-state index contributed by atoms with van der Waals surface area (Å²) in [6.07, 6.45) is 5.86. The summed E-state index contributed by atoms with van der Waals surface area (Å²) >= 11 is 0. The summed E-state index contributed by atoms with van der Waals surface area (Å²) in [5.74, 6) is 0.687. The van der Waals surface area contributed by atoms with Crippen LogP contribution in [0, 0.1) is 11.3 Å². The molecule has 1 fully saturated rings. The van der Waals surface area contributed by atoms with Gasteiger partial charge >= 0.3 is 5.69 Å². The predicted molar refractivity (Wildman–Crippen MR) is 86.0 cm³/mol. The summed E-state index contributed by atoms with van der Waals surface area (Å²) in [5.41, 5.74) is 2.32. The molecule has 4 heteroatoms. The standard InChI is InChI=1S/C17H23N3O/c1-12-10-17(2,3)11-15(12)19-13-4-6-14(7-5-13)20-9-8-18-16(20)21/h4-9,12,15,19H,10-11H2,1-3H3,(H,18,21). The van der Waals surface area contributed by atoms with E-state index in [0.717, 1.165) is 11.4 Å². The Hall–Kier alpha value is -1.97. The maximum Gasteiger partial charge on any atom is 0.330 e. The molecule has 2 unspecified atom stereocenters. The van der Waals surface area contributed by atoms with Crippen LogP contribution in [-0.2, 0) is 0 Å². The number of imidazole rings is 1. The monoisotopic (exact) mass is 285 g/mol. The molecule has 1 heterocycles. The van der Waals surface area contributed by atoms with Crippen molar-refractivity contribution in [2.24, 2.45) is 11.3 Å². The van der Waals surface area contributed by atoms with E-state index in [9.17, 15) is 4.79 Å². The van der Waals surface area contributed by atoms with E-state index in [1.54, 1.807) is 17.0 Å². The van der Waals surface area contributed by atoms with Crippen LogP contribution >= 0.6 is 0 Å². The van der Waals surface area contributed by atoms with Crippen molar-refractivity contribution < 1.29 is 0 Å². The van der Waals surface area contributed by atoms with Crippen LogP contribution in [0.2, 0.25) is 0 Å². The van der Waals surface area contributed by atoms with E-state index in [0.29, 0.717) is 17.4 Å². The Morgan fingerprint density at radius 3 is 2.48 bits per heavy atom. The minimum Gasteiger partial charge on any atom is -0.382 e. The molecular formula is C17H23N3O. The van der Waals surface area contributed by atoms with Gasteiger partial charge in [-0.15, -0.1) is 0 Å². The van der Waals surface area contributed by atoms with Gasteiger partial charge in [0.2, 0.25) is 0 Å². The van der Waals surface area contributed by atoms with Gasteiger partial charge in [0.25, 0.3) is 0 Å². The Balaban J connectivity index is 1.74. The van der Waals surface area contributed by atoms with Crippen LogP contribution < -0.4 is 11.0 Å². The van der Waals surface area contributed by atoms with Crippen LogP contribution in [0.5, 0.6) is 0 Å². The third-order valence-electron chi connectivity index (χ3n) is 4.48. The first-order valence-corrected chi connectivity index (χ1v) is 7.58. The normalized spacial score (nSPS) is 24.1. The van der Waals surface area contributed by atoms with E-state index in [2.05, 4.69) is 31.1 Å². The third kappa shape index (κ3) is 2.89. The van der Waals surface area contributed by atoms with Crippen LogP contribution in [0.3, 0.4) is 0 Å². The molecule has 1 aromatic carbocycles. The quantitative estimate of drug-likeness (QED) is 0.908. The van der Waals surface area contributed by atoms with E-state index in [1.165, 1.54) is 12.8 Å². The average molecular weight is 285 g/mol. The molecule has 1 aliphatic rings. The SMILES string of the molecule is CC1CC(C)(C)CC1Nc1ccc(-n2cc[nH]c2=O)cc1. The summed E-state index contributed by atoms with van der Waals surface area (Å²) < 4.78 is 1.60. The molecule has 112 valence electrons. The van der Waals surface area contributed by atoms with E-state index in [4.69, 9.17) is 0 Å². The molecular weight excluding hydrogens is 262 g/mol. The van der Waals surface area contributed by atoms with Gasteiger partial charge in [0, 0.05) is 24.1 Å². The zero-order valence-corrected chi connectivity index (χ0v) is 12.9. The molecule has 2 atom stereocenters. The van der Waals surface area contributed by atoms with E-state index in [-0.39, 0.29) is 5.69 Å². The molecule has 0 saturated heterocycles. The number of nitrogens with zero attached hydrogens (tertiary/aromatic N) is 1. The topological polar surface area (TPSA) is 49.8 Å². The highest BCUT2D eigenvalue weighted by atomic mass is 16.1. The molecule has 0 bridgehead atoms. The number of nitrogens with one attached hydrogen (secondary N) is 2. The van der Waals surface area contributed by atoms with Gasteiger partial charge in [-0.05, 0) is 48.4 Å². The summed E-state index contributed by atoms with van der Waals surface area (Å²) in [6, 6.07) is 8.57. The number of benzene rings is 1. The van der Waals surface area contributed by atoms with E-state index in [1.807, 2.05) is 24.3 Å². The van der Waals surface area contributed by atoms with Gasteiger partial charge in [-0.3, -0.25) is 4.57 Å². The first kappa shape index (κ1) is 14.0. The first-order chi connectivity index (χ1) is 9.94. The van der Waals surface area contributed by atoms with Crippen molar-refractivity contribution >= 4 is 5.69 Å². The molecule has 2 aromatic rings. The number of anilines is 1. The second-order valence-electron chi connectivity index (χ2n) is 6.98. The largest absolute Gasteiger partial charge is 0.382 e. The zero-order chi connectivity index (χ0) is 15.0. The fraction of sp³-hybridized carbons (Fsp3) is 0.471. The lowest BCUT2D eigenvalue weighted by atomic mass is 9.91. The van der Waals surface area contributed by atoms with E-state index >= 15 is 0 Å². The molecule has 1 aliphatic carbocycles. The van der Waals surface area contributed by atoms with Gasteiger partial charge < -0.3 is 10.3 Å². The van der Waals surface area contributed by atoms with Crippen molar-refractivity contribution in [2.45, 2.75) is 39.7 Å². The molecule has 0 spiro atoms. The van der Waals surface area contributed by atoms with Crippen molar-refractivity contribution in [3.8, 4) is 5.69 Å². The van der Waals surface area contributed by atoms with E-state index < -0.39 is 0 Å². The molecule has 1 aromatic heterocycles. The highest BCUT2D eigenvalue weighted by Gasteiger charge is 2.36. The summed E-state index contributed by atoms with van der Waals surface area (Å²) in [5, 5.41) is 3.64. The Morgan fingerprint density at radius 2 is 1.95 bits per heavy atom. The zero-order valence-electron chi connectivity index (χ0n) is 12.9. The molecule has 3 rings (SSSR count). The van der Waals surface area contributed by atoms with Crippen LogP contribution in [0.4, 0.5) is 5.69 Å². The average Bonchev–Trinajstić information content (AvgIpc) is 2.94. The van der Waals surface area contributed by atoms with Crippen molar-refractivity contribution in [3.63, 3.8) is 0 Å². The lowest BCUT2D eigenvalue weighted by Gasteiger charge is -2.20. The lowest BCUT2D eigenvalue weighted by Crippen LogP contribution is -2.22.